The number of benzene rings is 1. The predicted octanol–water partition coefficient (Wildman–Crippen LogP) is 2.27. The molecule has 1 fully saturated rings. The van der Waals surface area contributed by atoms with Gasteiger partial charge in [0.1, 0.15) is 5.82 Å². The van der Waals surface area contributed by atoms with Crippen LogP contribution in [0.1, 0.15) is 21.8 Å². The molecule has 0 aliphatic carbocycles. The van der Waals surface area contributed by atoms with Crippen molar-refractivity contribution in [2.75, 3.05) is 31.1 Å². The second-order valence-corrected chi connectivity index (χ2v) is 8.24. The number of ketones is 1. The van der Waals surface area contributed by atoms with Crippen molar-refractivity contribution in [3.05, 3.63) is 65.7 Å². The zero-order valence-electron chi connectivity index (χ0n) is 19.2. The highest BCUT2D eigenvalue weighted by molar-refractivity contribution is 5.99. The Hall–Kier alpha value is -4.26. The molecule has 3 aromatic rings. The van der Waals surface area contributed by atoms with E-state index in [1.165, 1.54) is 23.2 Å². The van der Waals surface area contributed by atoms with E-state index in [0.717, 1.165) is 0 Å². The summed E-state index contributed by atoms with van der Waals surface area (Å²) < 4.78 is 45.9. The Morgan fingerprint density at radius 2 is 1.70 bits per heavy atom. The van der Waals surface area contributed by atoms with Gasteiger partial charge in [-0.3, -0.25) is 9.59 Å². The molecule has 0 saturated carbocycles. The summed E-state index contributed by atoms with van der Waals surface area (Å²) in [6.07, 6.45) is -6.03. The van der Waals surface area contributed by atoms with E-state index >= 15 is 0 Å². The number of pyridine rings is 1. The number of oxazole rings is 1. The highest BCUT2D eigenvalue weighted by Gasteiger charge is 2.41. The van der Waals surface area contributed by atoms with Crippen LogP contribution in [0.3, 0.4) is 0 Å². The molecule has 37 heavy (non-hydrogen) atoms. The van der Waals surface area contributed by atoms with Crippen LogP contribution in [-0.2, 0) is 22.2 Å². The number of alkyl halides is 3. The lowest BCUT2D eigenvalue weighted by atomic mass is 10.1. The number of Topliss-reactive ketones (excluding diaryl/α,β-unsaturated/α-hetero) is 1. The van der Waals surface area contributed by atoms with Crippen LogP contribution in [0.5, 0.6) is 0 Å². The van der Waals surface area contributed by atoms with Gasteiger partial charge in [-0.05, 0) is 23.8 Å². The topological polar surface area (TPSA) is 137 Å². The molecule has 1 aliphatic heterocycles. The first-order valence-corrected chi connectivity index (χ1v) is 11.1. The van der Waals surface area contributed by atoms with E-state index in [1.807, 2.05) is 4.90 Å². The van der Waals surface area contributed by atoms with Gasteiger partial charge in [0.15, 0.2) is 5.69 Å². The van der Waals surface area contributed by atoms with Crippen LogP contribution in [0.4, 0.5) is 19.0 Å². The third-order valence-electron chi connectivity index (χ3n) is 5.73. The maximum atomic E-state index is 13.5. The Morgan fingerprint density at radius 3 is 2.27 bits per heavy atom. The van der Waals surface area contributed by atoms with Crippen molar-refractivity contribution in [3.8, 4) is 11.5 Å². The fourth-order valence-corrected chi connectivity index (χ4v) is 3.81. The molecule has 0 spiro atoms. The Kier molecular flexibility index (Phi) is 7.25. The molecule has 1 aromatic carbocycles. The number of hydrogen-bond donors (Lipinski definition) is 2. The SMILES string of the molecule is O=C(Cc1ccc(N2CCN(C(=O)C(O)C(=O)O)CC2)nc1)c1oc(-c2ccccc2)nc1C(F)(F)F. The maximum absolute atomic E-state index is 13.5. The van der Waals surface area contributed by atoms with Gasteiger partial charge in [0, 0.05) is 44.4 Å². The van der Waals surface area contributed by atoms with Crippen molar-refractivity contribution in [2.24, 2.45) is 0 Å². The van der Waals surface area contributed by atoms with Crippen molar-refractivity contribution in [3.63, 3.8) is 0 Å². The number of carbonyl (C=O) groups excluding carboxylic acids is 2. The number of hydrogen-bond acceptors (Lipinski definition) is 8. The number of anilines is 1. The quantitative estimate of drug-likeness (QED) is 0.356. The van der Waals surface area contributed by atoms with E-state index in [0.29, 0.717) is 30.0 Å². The highest BCUT2D eigenvalue weighted by atomic mass is 19.4. The third kappa shape index (κ3) is 5.77. The van der Waals surface area contributed by atoms with Gasteiger partial charge in [0.25, 0.3) is 5.91 Å². The summed E-state index contributed by atoms with van der Waals surface area (Å²) in [6.45, 7) is 0.971. The van der Waals surface area contributed by atoms with E-state index in [1.54, 1.807) is 30.3 Å². The normalized spacial score (nSPS) is 14.9. The van der Waals surface area contributed by atoms with E-state index in [-0.39, 0.29) is 19.0 Å². The van der Waals surface area contributed by atoms with Crippen molar-refractivity contribution in [1.29, 1.82) is 0 Å². The lowest BCUT2D eigenvalue weighted by molar-refractivity contribution is -0.157. The lowest BCUT2D eigenvalue weighted by Gasteiger charge is -2.35. The Morgan fingerprint density at radius 1 is 1.03 bits per heavy atom. The molecule has 1 saturated heterocycles. The van der Waals surface area contributed by atoms with Crippen LogP contribution in [0.15, 0.2) is 53.1 Å². The van der Waals surface area contributed by atoms with Crippen LogP contribution in [0.2, 0.25) is 0 Å². The molecular formula is C24H21F3N4O6. The summed E-state index contributed by atoms with van der Waals surface area (Å²) in [5.74, 6) is -4.10. The van der Waals surface area contributed by atoms with Crippen molar-refractivity contribution in [1.82, 2.24) is 14.9 Å². The molecule has 4 rings (SSSR count). The van der Waals surface area contributed by atoms with Crippen molar-refractivity contribution in [2.45, 2.75) is 18.7 Å². The summed E-state index contributed by atoms with van der Waals surface area (Å²) in [5, 5.41) is 18.2. The van der Waals surface area contributed by atoms with E-state index in [4.69, 9.17) is 9.52 Å². The number of carbonyl (C=O) groups is 3. The predicted molar refractivity (Wildman–Crippen MR) is 122 cm³/mol. The van der Waals surface area contributed by atoms with Gasteiger partial charge in [-0.1, -0.05) is 24.3 Å². The van der Waals surface area contributed by atoms with Gasteiger partial charge in [0.2, 0.25) is 23.5 Å². The van der Waals surface area contributed by atoms with Gasteiger partial charge in [-0.25, -0.2) is 14.8 Å². The molecule has 194 valence electrons. The zero-order valence-corrected chi connectivity index (χ0v) is 19.2. The van der Waals surface area contributed by atoms with Gasteiger partial charge >= 0.3 is 12.1 Å². The average molecular weight is 518 g/mol. The van der Waals surface area contributed by atoms with E-state index in [2.05, 4.69) is 9.97 Å². The van der Waals surface area contributed by atoms with Gasteiger partial charge in [-0.2, -0.15) is 13.2 Å². The summed E-state index contributed by atoms with van der Waals surface area (Å²) in [6, 6.07) is 11.1. The first-order chi connectivity index (χ1) is 17.5. The van der Waals surface area contributed by atoms with Crippen LogP contribution < -0.4 is 4.90 Å². The second kappa shape index (κ2) is 10.4. The summed E-state index contributed by atoms with van der Waals surface area (Å²) >= 11 is 0. The van der Waals surface area contributed by atoms with Crippen LogP contribution in [0.25, 0.3) is 11.5 Å². The number of nitrogens with zero attached hydrogens (tertiary/aromatic N) is 4. The molecule has 1 atom stereocenters. The molecule has 0 bridgehead atoms. The Balaban J connectivity index is 1.43. The number of halogens is 3. The van der Waals surface area contributed by atoms with Crippen LogP contribution in [0, 0.1) is 0 Å². The Bertz CT molecular complexity index is 1290. The number of carboxylic acids is 1. The number of piperazine rings is 1. The number of amides is 1. The molecule has 1 aliphatic rings. The summed E-state index contributed by atoms with van der Waals surface area (Å²) in [4.78, 5) is 46.3. The van der Waals surface area contributed by atoms with Crippen molar-refractivity contribution >= 4 is 23.5 Å². The number of aliphatic hydroxyl groups is 1. The third-order valence-corrected chi connectivity index (χ3v) is 5.73. The van der Waals surface area contributed by atoms with Crippen molar-refractivity contribution < 1.29 is 42.2 Å². The minimum Gasteiger partial charge on any atom is -0.479 e. The minimum absolute atomic E-state index is 0.167. The average Bonchev–Trinajstić information content (AvgIpc) is 3.36. The number of aliphatic hydroxyl groups excluding tert-OH is 1. The molecule has 1 amide bonds. The number of aromatic nitrogens is 2. The monoisotopic (exact) mass is 518 g/mol. The highest BCUT2D eigenvalue weighted by Crippen LogP contribution is 2.35. The smallest absolute Gasteiger partial charge is 0.437 e. The van der Waals surface area contributed by atoms with Gasteiger partial charge in [0.05, 0.1) is 0 Å². The van der Waals surface area contributed by atoms with Gasteiger partial charge < -0.3 is 24.4 Å². The molecule has 2 aromatic heterocycles. The first-order valence-electron chi connectivity index (χ1n) is 11.1. The molecule has 2 N–H and O–H groups in total. The molecular weight excluding hydrogens is 497 g/mol. The number of aliphatic carboxylic acids is 1. The molecule has 10 nitrogen and oxygen atoms in total. The maximum Gasteiger partial charge on any atom is 0.437 e. The molecule has 3 heterocycles. The molecule has 13 heteroatoms. The number of carboxylic acid groups (broad SMARTS) is 1. The Labute approximate surface area is 208 Å². The lowest BCUT2D eigenvalue weighted by Crippen LogP contribution is -2.53. The molecule has 1 unspecified atom stereocenters. The summed E-state index contributed by atoms with van der Waals surface area (Å²) in [7, 11) is 0. The minimum atomic E-state index is -4.88. The second-order valence-electron chi connectivity index (χ2n) is 8.24. The first kappa shape index (κ1) is 25.8. The van der Waals surface area contributed by atoms with Crippen LogP contribution in [-0.4, -0.2) is 75.0 Å². The standard InChI is InChI=1S/C24H21F3N4O6/c25-24(26,27)20-19(37-21(29-20)15-4-2-1-3-5-15)16(32)12-14-6-7-17(28-13-14)30-8-10-31(11-9-30)22(34)18(33)23(35)36/h1-7,13,18,33H,8-12H2,(H,35,36). The zero-order chi connectivity index (χ0) is 26.7. The summed E-state index contributed by atoms with van der Waals surface area (Å²) in [5.41, 5.74) is -0.725. The fraction of sp³-hybridized carbons (Fsp3) is 0.292. The van der Waals surface area contributed by atoms with E-state index in [9.17, 15) is 32.7 Å². The fourth-order valence-electron chi connectivity index (χ4n) is 3.81. The van der Waals surface area contributed by atoms with Crippen LogP contribution >= 0.6 is 0 Å². The van der Waals surface area contributed by atoms with E-state index < -0.39 is 47.8 Å². The largest absolute Gasteiger partial charge is 0.479 e. The van der Waals surface area contributed by atoms with Gasteiger partial charge in [-0.15, -0.1) is 0 Å². The number of rotatable bonds is 7. The molecule has 0 radical (unpaired) electrons.